The van der Waals surface area contributed by atoms with Crippen LogP contribution in [0, 0.1) is 11.8 Å². The average Bonchev–Trinajstić information content (AvgIpc) is 4.16. The summed E-state index contributed by atoms with van der Waals surface area (Å²) >= 11 is 2.13. The van der Waals surface area contributed by atoms with Crippen molar-refractivity contribution in [1.29, 1.82) is 0 Å². The molecule has 0 radical (unpaired) electrons. The van der Waals surface area contributed by atoms with Crippen molar-refractivity contribution in [2.75, 3.05) is 9.80 Å². The van der Waals surface area contributed by atoms with E-state index in [1.54, 1.807) is 33.4 Å². The summed E-state index contributed by atoms with van der Waals surface area (Å²) in [5.41, 5.74) is 27.5. The normalized spacial score (nSPS) is 29.1. The van der Waals surface area contributed by atoms with Gasteiger partial charge in [0.05, 0.1) is 11.2 Å². The number of thiophene rings is 1. The SMILES string of the molecule is CC1(C)CCC(C)(C)c2cc(-c3cc4c5c(c3)N3c6c(cccc6C6(C)CCCCC36C)B5c3sc5cc6c(cc5c3N4c3ccc4c(c3)C3(c5ccccc5-4)C4CCC3CC4)C(C)(C)CCC6(C)C)ccc21. The highest BCUT2D eigenvalue weighted by Crippen LogP contribution is 2.69. The van der Waals surface area contributed by atoms with Crippen molar-refractivity contribution in [2.24, 2.45) is 11.8 Å². The molecule has 1 spiro atoms. The lowest BCUT2D eigenvalue weighted by molar-refractivity contribution is 0.195. The van der Waals surface area contributed by atoms with E-state index in [-0.39, 0.29) is 44.7 Å². The third kappa shape index (κ3) is 5.25. The number of nitrogens with zero attached hydrogens (tertiary/aromatic N) is 2. The quantitative estimate of drug-likeness (QED) is 0.159. The molecule has 6 aliphatic carbocycles. The van der Waals surface area contributed by atoms with E-state index in [1.165, 1.54) is 159 Å². The van der Waals surface area contributed by atoms with Gasteiger partial charge in [-0.1, -0.05) is 142 Å². The van der Waals surface area contributed by atoms with E-state index < -0.39 is 0 Å². The van der Waals surface area contributed by atoms with Crippen molar-refractivity contribution in [3.63, 3.8) is 0 Å². The topological polar surface area (TPSA) is 6.48 Å². The van der Waals surface area contributed by atoms with Crippen LogP contribution in [-0.2, 0) is 32.5 Å². The highest BCUT2D eigenvalue weighted by molar-refractivity contribution is 7.33. The molecule has 2 bridgehead atoms. The van der Waals surface area contributed by atoms with Gasteiger partial charge in [-0.05, 0) is 213 Å². The molecule has 0 N–H and O–H groups in total. The summed E-state index contributed by atoms with van der Waals surface area (Å²) in [4.78, 5) is 5.83. The standard InChI is InChI=1S/C69H73BN2S/c1-63(2)30-31-64(3,4)52-34-40(20-27-49(52)63)41-35-56-59-57(36-41)72-61-50(67(9)28-13-14-29-68(67,72)10)18-15-19-55(61)70(59)62-60(47-38-53-54(39-58(47)73-62)66(7,8)33-32-65(53,5)6)71(56)44-25-26-46-45-16-11-12-17-48(45)69(51(46)37-44)42-21-22-43(69)24-23-42/h11-12,15-20,25-27,34-39,42-43H,13-14,21-24,28-33H2,1-10H3. The highest BCUT2D eigenvalue weighted by Gasteiger charge is 2.63. The average molecular weight is 973 g/mol. The van der Waals surface area contributed by atoms with E-state index in [9.17, 15) is 0 Å². The summed E-state index contributed by atoms with van der Waals surface area (Å²) in [6.45, 7) is 25.5. The predicted molar refractivity (Wildman–Crippen MR) is 312 cm³/mol. The van der Waals surface area contributed by atoms with Gasteiger partial charge in [-0.2, -0.15) is 0 Å². The zero-order chi connectivity index (χ0) is 49.7. The Morgan fingerprint density at radius 3 is 1.86 bits per heavy atom. The fourth-order valence-corrected chi connectivity index (χ4v) is 20.1. The molecule has 2 unspecified atom stereocenters. The number of anilines is 5. The maximum Gasteiger partial charge on any atom is 0.264 e. The first-order valence-electron chi connectivity index (χ1n) is 28.8. The van der Waals surface area contributed by atoms with Crippen LogP contribution in [0.15, 0.2) is 103 Å². The van der Waals surface area contributed by atoms with E-state index in [0.717, 1.165) is 0 Å². The van der Waals surface area contributed by atoms with Gasteiger partial charge in [-0.25, -0.2) is 0 Å². The molecule has 368 valence electrons. The van der Waals surface area contributed by atoms with Crippen molar-refractivity contribution < 1.29 is 0 Å². The van der Waals surface area contributed by atoms with Gasteiger partial charge < -0.3 is 9.80 Å². The van der Waals surface area contributed by atoms with Gasteiger partial charge in [0.2, 0.25) is 0 Å². The van der Waals surface area contributed by atoms with Crippen LogP contribution in [-0.4, -0.2) is 12.3 Å². The van der Waals surface area contributed by atoms with Crippen LogP contribution in [0.4, 0.5) is 28.4 Å². The molecule has 16 rings (SSSR count). The molecule has 4 heterocycles. The Morgan fingerprint density at radius 2 is 1.12 bits per heavy atom. The molecule has 3 fully saturated rings. The Hall–Kier alpha value is -5.06. The molecule has 1 aromatic heterocycles. The van der Waals surface area contributed by atoms with Gasteiger partial charge in [-0.15, -0.1) is 11.3 Å². The Balaban J connectivity index is 1.03. The third-order valence-corrected chi connectivity index (χ3v) is 24.3. The molecule has 6 aromatic carbocycles. The second-order valence-corrected chi connectivity index (χ2v) is 29.4. The largest absolute Gasteiger partial charge is 0.335 e. The smallest absolute Gasteiger partial charge is 0.264 e. The van der Waals surface area contributed by atoms with Crippen molar-refractivity contribution in [3.05, 3.63) is 142 Å². The number of fused-ring (bicyclic) bond motifs is 14. The Morgan fingerprint density at radius 1 is 0.493 bits per heavy atom. The zero-order valence-electron chi connectivity index (χ0n) is 45.3. The van der Waals surface area contributed by atoms with Crippen LogP contribution in [0.1, 0.15) is 185 Å². The minimum Gasteiger partial charge on any atom is -0.335 e. The molecule has 3 saturated carbocycles. The Kier molecular flexibility index (Phi) is 8.40. The summed E-state index contributed by atoms with van der Waals surface area (Å²) < 4.78 is 2.99. The highest BCUT2D eigenvalue weighted by atomic mass is 32.1. The molecule has 2 nitrogen and oxygen atoms in total. The van der Waals surface area contributed by atoms with Crippen LogP contribution < -0.4 is 25.5 Å². The van der Waals surface area contributed by atoms with Gasteiger partial charge in [0, 0.05) is 48.4 Å². The van der Waals surface area contributed by atoms with E-state index in [1.807, 2.05) is 0 Å². The second kappa shape index (κ2) is 13.9. The summed E-state index contributed by atoms with van der Waals surface area (Å²) in [6, 6.07) is 43.5. The lowest BCUT2D eigenvalue weighted by Gasteiger charge is -2.52. The van der Waals surface area contributed by atoms with Gasteiger partial charge in [0.1, 0.15) is 0 Å². The van der Waals surface area contributed by atoms with E-state index in [2.05, 4.69) is 194 Å². The van der Waals surface area contributed by atoms with E-state index in [4.69, 9.17) is 0 Å². The van der Waals surface area contributed by atoms with Crippen LogP contribution >= 0.6 is 11.3 Å². The molecule has 73 heavy (non-hydrogen) atoms. The molecular weight excluding hydrogens is 900 g/mol. The van der Waals surface area contributed by atoms with Crippen LogP contribution in [0.25, 0.3) is 32.3 Å². The van der Waals surface area contributed by atoms with Gasteiger partial charge in [-0.3, -0.25) is 0 Å². The molecule has 0 amide bonds. The lowest BCUT2D eigenvalue weighted by atomic mass is 9.36. The van der Waals surface area contributed by atoms with E-state index >= 15 is 0 Å². The number of rotatable bonds is 2. The molecular formula is C69H73BN2S. The zero-order valence-corrected chi connectivity index (χ0v) is 46.2. The van der Waals surface area contributed by atoms with Crippen LogP contribution in [0.3, 0.4) is 0 Å². The minimum absolute atomic E-state index is 0.0438. The van der Waals surface area contributed by atoms with Crippen molar-refractivity contribution in [3.8, 4) is 22.3 Å². The summed E-state index contributed by atoms with van der Waals surface area (Å²) in [6.07, 6.45) is 15.3. The van der Waals surface area contributed by atoms with Crippen LogP contribution in [0.2, 0.25) is 0 Å². The number of hydrogen-bond donors (Lipinski definition) is 0. The molecule has 0 saturated heterocycles. The van der Waals surface area contributed by atoms with Gasteiger partial charge in [0.25, 0.3) is 6.71 Å². The summed E-state index contributed by atoms with van der Waals surface area (Å²) in [5, 5.41) is 1.45. The van der Waals surface area contributed by atoms with Gasteiger partial charge in [0.15, 0.2) is 0 Å². The molecule has 4 heteroatoms. The molecule has 9 aliphatic rings. The van der Waals surface area contributed by atoms with Crippen molar-refractivity contribution in [1.82, 2.24) is 0 Å². The first-order valence-corrected chi connectivity index (χ1v) is 29.6. The number of para-hydroxylation sites is 1. The maximum atomic E-state index is 2.96. The minimum atomic E-state index is -0.0438. The second-order valence-electron chi connectivity index (χ2n) is 28.3. The van der Waals surface area contributed by atoms with Crippen LogP contribution in [0.5, 0.6) is 0 Å². The van der Waals surface area contributed by atoms with Crippen molar-refractivity contribution in [2.45, 2.75) is 184 Å². The lowest BCUT2D eigenvalue weighted by Crippen LogP contribution is -2.64. The first kappa shape index (κ1) is 44.3. The Bertz CT molecular complexity index is 3620. The molecule has 3 aliphatic heterocycles. The fourth-order valence-electron chi connectivity index (χ4n) is 18.7. The molecule has 2 atom stereocenters. The maximum absolute atomic E-state index is 2.96. The number of benzene rings is 6. The molecule has 7 aromatic rings. The van der Waals surface area contributed by atoms with E-state index in [0.29, 0.717) is 11.8 Å². The van der Waals surface area contributed by atoms with Crippen molar-refractivity contribution >= 4 is 72.3 Å². The fraction of sp³-hybridized carbons (Fsp3) is 0.449. The number of hydrogen-bond acceptors (Lipinski definition) is 3. The van der Waals surface area contributed by atoms with Gasteiger partial charge >= 0.3 is 0 Å². The predicted octanol–water partition coefficient (Wildman–Crippen LogP) is 16.7. The monoisotopic (exact) mass is 973 g/mol. The Labute approximate surface area is 440 Å². The summed E-state index contributed by atoms with van der Waals surface area (Å²) in [5.74, 6) is 1.41. The first-order chi connectivity index (χ1) is 34.9. The summed E-state index contributed by atoms with van der Waals surface area (Å²) in [7, 11) is 0. The third-order valence-electron chi connectivity index (χ3n) is 23.1.